The third kappa shape index (κ3) is 5.49. The molecule has 1 aliphatic rings. The first-order valence-electron chi connectivity index (χ1n) is 12.2. The standard InChI is InChI=1S/C31H27N3O2S2/c1-4-16-36-27-15-14-24(17-22(27)3)29-25(20-34(32-29)26-8-6-5-7-9-26)18-28-30(35)33(31(37)38-28)19-23-12-10-21(2)11-13-23/h4-15,17-18,20H,1,16,19H2,2-3H3. The summed E-state index contributed by atoms with van der Waals surface area (Å²) in [4.78, 5) is 15.7. The minimum absolute atomic E-state index is 0.0941. The molecule has 38 heavy (non-hydrogen) atoms. The Bertz CT molecular complexity index is 1540. The molecule has 1 saturated heterocycles. The number of rotatable bonds is 8. The first-order chi connectivity index (χ1) is 18.4. The van der Waals surface area contributed by atoms with Crippen molar-refractivity contribution >= 4 is 40.3 Å². The molecule has 0 N–H and O–H groups in total. The molecule has 1 fully saturated rings. The Morgan fingerprint density at radius 1 is 1.05 bits per heavy atom. The summed E-state index contributed by atoms with van der Waals surface area (Å²) in [7, 11) is 0. The Kier molecular flexibility index (Phi) is 7.58. The number of hydrogen-bond acceptors (Lipinski definition) is 5. The maximum atomic E-state index is 13.4. The number of aryl methyl sites for hydroxylation is 2. The molecule has 1 aromatic heterocycles. The Labute approximate surface area is 232 Å². The van der Waals surface area contributed by atoms with Crippen LogP contribution in [0.1, 0.15) is 22.3 Å². The lowest BCUT2D eigenvalue weighted by molar-refractivity contribution is -0.122. The average molecular weight is 538 g/mol. The maximum Gasteiger partial charge on any atom is 0.266 e. The third-order valence-corrected chi connectivity index (χ3v) is 7.57. The van der Waals surface area contributed by atoms with Crippen molar-refractivity contribution in [2.45, 2.75) is 20.4 Å². The molecule has 0 bridgehead atoms. The van der Waals surface area contributed by atoms with Crippen molar-refractivity contribution in [3.63, 3.8) is 0 Å². The van der Waals surface area contributed by atoms with E-state index in [1.165, 1.54) is 17.3 Å². The highest BCUT2D eigenvalue weighted by Crippen LogP contribution is 2.36. The van der Waals surface area contributed by atoms with Crippen molar-refractivity contribution in [1.29, 1.82) is 0 Å². The Morgan fingerprint density at radius 3 is 2.53 bits per heavy atom. The Balaban J connectivity index is 1.51. The van der Waals surface area contributed by atoms with Gasteiger partial charge in [-0.3, -0.25) is 9.69 Å². The van der Waals surface area contributed by atoms with Gasteiger partial charge in [-0.25, -0.2) is 4.68 Å². The number of para-hydroxylation sites is 1. The second kappa shape index (κ2) is 11.2. The summed E-state index contributed by atoms with van der Waals surface area (Å²) in [5.74, 6) is 0.706. The van der Waals surface area contributed by atoms with Crippen LogP contribution in [0.15, 0.2) is 96.6 Å². The molecule has 0 saturated carbocycles. The quantitative estimate of drug-likeness (QED) is 0.136. The first-order valence-corrected chi connectivity index (χ1v) is 13.5. The molecular weight excluding hydrogens is 510 g/mol. The van der Waals surface area contributed by atoms with Crippen LogP contribution in [0.25, 0.3) is 23.0 Å². The fourth-order valence-corrected chi connectivity index (χ4v) is 5.44. The predicted molar refractivity (Wildman–Crippen MR) is 159 cm³/mol. The molecule has 0 atom stereocenters. The summed E-state index contributed by atoms with van der Waals surface area (Å²) in [6.07, 6.45) is 5.57. The van der Waals surface area contributed by atoms with E-state index in [4.69, 9.17) is 22.1 Å². The van der Waals surface area contributed by atoms with Gasteiger partial charge in [-0.2, -0.15) is 5.10 Å². The molecule has 190 valence electrons. The lowest BCUT2D eigenvalue weighted by Crippen LogP contribution is -2.27. The molecule has 0 unspecified atom stereocenters. The molecule has 1 amide bonds. The van der Waals surface area contributed by atoms with Gasteiger partial charge in [0.25, 0.3) is 5.91 Å². The van der Waals surface area contributed by atoms with E-state index in [1.807, 2.05) is 97.5 Å². The van der Waals surface area contributed by atoms with Crippen LogP contribution in [-0.2, 0) is 11.3 Å². The zero-order valence-electron chi connectivity index (χ0n) is 21.3. The van der Waals surface area contributed by atoms with E-state index < -0.39 is 0 Å². The minimum atomic E-state index is -0.0941. The van der Waals surface area contributed by atoms with E-state index in [0.29, 0.717) is 22.4 Å². The number of carbonyl (C=O) groups excluding carboxylic acids is 1. The number of carbonyl (C=O) groups is 1. The van der Waals surface area contributed by atoms with Gasteiger partial charge in [-0.05, 0) is 61.4 Å². The molecule has 1 aliphatic heterocycles. The van der Waals surface area contributed by atoms with Crippen LogP contribution in [-0.4, -0.2) is 31.5 Å². The largest absolute Gasteiger partial charge is 0.489 e. The molecule has 0 radical (unpaired) electrons. The van der Waals surface area contributed by atoms with Crippen LogP contribution in [0.5, 0.6) is 5.75 Å². The molecule has 4 aromatic rings. The van der Waals surface area contributed by atoms with Crippen LogP contribution in [0, 0.1) is 13.8 Å². The first kappa shape index (κ1) is 25.7. The van der Waals surface area contributed by atoms with Crippen LogP contribution < -0.4 is 4.74 Å². The smallest absolute Gasteiger partial charge is 0.266 e. The normalized spacial score (nSPS) is 14.4. The number of thiocarbonyl (C=S) groups is 1. The summed E-state index contributed by atoms with van der Waals surface area (Å²) in [5.41, 5.74) is 6.69. The summed E-state index contributed by atoms with van der Waals surface area (Å²) in [6, 6.07) is 24.1. The molecule has 5 rings (SSSR count). The lowest BCUT2D eigenvalue weighted by Gasteiger charge is -2.14. The fraction of sp³-hybridized carbons (Fsp3) is 0.129. The van der Waals surface area contributed by atoms with Crippen molar-refractivity contribution < 1.29 is 9.53 Å². The van der Waals surface area contributed by atoms with E-state index in [9.17, 15) is 4.79 Å². The number of thioether (sulfide) groups is 1. The summed E-state index contributed by atoms with van der Waals surface area (Å²) < 4.78 is 8.15. The topological polar surface area (TPSA) is 47.4 Å². The zero-order chi connectivity index (χ0) is 26.6. The van der Waals surface area contributed by atoms with Crippen molar-refractivity contribution in [2.75, 3.05) is 6.61 Å². The number of benzene rings is 3. The van der Waals surface area contributed by atoms with Crippen LogP contribution in [0.2, 0.25) is 0 Å². The van der Waals surface area contributed by atoms with E-state index in [0.717, 1.165) is 39.4 Å². The highest BCUT2D eigenvalue weighted by Gasteiger charge is 2.32. The van der Waals surface area contributed by atoms with Gasteiger partial charge in [-0.1, -0.05) is 84.7 Å². The van der Waals surface area contributed by atoms with Crippen molar-refractivity contribution in [3.05, 3.63) is 119 Å². The highest BCUT2D eigenvalue weighted by atomic mass is 32.2. The van der Waals surface area contributed by atoms with Gasteiger partial charge in [-0.15, -0.1) is 0 Å². The zero-order valence-corrected chi connectivity index (χ0v) is 22.9. The Morgan fingerprint density at radius 2 is 1.82 bits per heavy atom. The van der Waals surface area contributed by atoms with E-state index in [1.54, 1.807) is 11.0 Å². The van der Waals surface area contributed by atoms with Crippen LogP contribution >= 0.6 is 24.0 Å². The molecule has 7 heteroatoms. The maximum absolute atomic E-state index is 13.4. The molecule has 0 spiro atoms. The van der Waals surface area contributed by atoms with E-state index >= 15 is 0 Å². The second-order valence-corrected chi connectivity index (χ2v) is 10.7. The summed E-state index contributed by atoms with van der Waals surface area (Å²) in [5, 5.41) is 4.91. The SMILES string of the molecule is C=CCOc1ccc(-c2nn(-c3ccccc3)cc2C=C2SC(=S)N(Cc3ccc(C)cc3)C2=O)cc1C. The van der Waals surface area contributed by atoms with Gasteiger partial charge in [0, 0.05) is 17.3 Å². The Hall–Kier alpha value is -3.94. The minimum Gasteiger partial charge on any atom is -0.489 e. The van der Waals surface area contributed by atoms with E-state index in [2.05, 4.69) is 12.6 Å². The summed E-state index contributed by atoms with van der Waals surface area (Å²) in [6.45, 7) is 8.66. The van der Waals surface area contributed by atoms with Crippen molar-refractivity contribution in [2.24, 2.45) is 0 Å². The number of aromatic nitrogens is 2. The highest BCUT2D eigenvalue weighted by molar-refractivity contribution is 8.26. The molecule has 2 heterocycles. The third-order valence-electron chi connectivity index (χ3n) is 6.19. The van der Waals surface area contributed by atoms with Gasteiger partial charge in [0.2, 0.25) is 0 Å². The van der Waals surface area contributed by atoms with Gasteiger partial charge >= 0.3 is 0 Å². The molecule has 3 aromatic carbocycles. The summed E-state index contributed by atoms with van der Waals surface area (Å²) >= 11 is 6.92. The molecular formula is C31H27N3O2S2. The lowest BCUT2D eigenvalue weighted by atomic mass is 10.0. The van der Waals surface area contributed by atoms with Crippen molar-refractivity contribution in [3.8, 4) is 22.7 Å². The number of nitrogens with zero attached hydrogens (tertiary/aromatic N) is 3. The predicted octanol–water partition coefficient (Wildman–Crippen LogP) is 7.12. The molecule has 0 aliphatic carbocycles. The second-order valence-electron chi connectivity index (χ2n) is 9.05. The van der Waals surface area contributed by atoms with Crippen LogP contribution in [0.3, 0.4) is 0 Å². The average Bonchev–Trinajstić information content (AvgIpc) is 3.46. The number of amides is 1. The monoisotopic (exact) mass is 537 g/mol. The van der Waals surface area contributed by atoms with Gasteiger partial charge in [0.15, 0.2) is 0 Å². The number of ether oxygens (including phenoxy) is 1. The fourth-order valence-electron chi connectivity index (χ4n) is 4.19. The van der Waals surface area contributed by atoms with Gasteiger partial charge in [0.1, 0.15) is 22.4 Å². The number of hydrogen-bond donors (Lipinski definition) is 0. The van der Waals surface area contributed by atoms with Gasteiger partial charge in [0.05, 0.1) is 17.1 Å². The van der Waals surface area contributed by atoms with Crippen molar-refractivity contribution in [1.82, 2.24) is 14.7 Å². The van der Waals surface area contributed by atoms with E-state index in [-0.39, 0.29) is 5.91 Å². The molecule has 5 nitrogen and oxygen atoms in total. The van der Waals surface area contributed by atoms with Gasteiger partial charge < -0.3 is 4.74 Å². The van der Waals surface area contributed by atoms with Crippen LogP contribution in [0.4, 0.5) is 0 Å².